The number of amidine groups is 1. The molecule has 0 aliphatic carbocycles. The molecule has 2 N–H and O–H groups in total. The first-order valence-corrected chi connectivity index (χ1v) is 9.21. The zero-order valence-corrected chi connectivity index (χ0v) is 16.5. The van der Waals surface area contributed by atoms with Gasteiger partial charge in [-0.25, -0.2) is 0 Å². The molecule has 21 heavy (non-hydrogen) atoms. The number of nitrogens with zero attached hydrogens (tertiary/aromatic N) is 1. The zero-order valence-electron chi connectivity index (χ0n) is 13.9. The zero-order chi connectivity index (χ0) is 14.9. The highest BCUT2D eigenvalue weighted by atomic mass is 79.9. The van der Waals surface area contributed by atoms with E-state index in [1.54, 1.807) is 18.9 Å². The van der Waals surface area contributed by atoms with Crippen LogP contribution in [-0.2, 0) is 4.74 Å². The maximum absolute atomic E-state index is 5.79. The molecule has 128 valence electrons. The second-order valence-electron chi connectivity index (χ2n) is 5.24. The fraction of sp³-hybridized carbons (Fsp3) is 0.938. The van der Waals surface area contributed by atoms with Crippen molar-refractivity contribution in [3.63, 3.8) is 0 Å². The Kier molecular flexibility index (Phi) is 22.7. The van der Waals surface area contributed by atoms with Gasteiger partial charge in [-0.1, -0.05) is 76.5 Å². The first-order valence-electron chi connectivity index (χ1n) is 8.23. The van der Waals surface area contributed by atoms with Gasteiger partial charge in [-0.3, -0.25) is 4.99 Å². The van der Waals surface area contributed by atoms with E-state index in [9.17, 15) is 0 Å². The average Bonchev–Trinajstić information content (AvgIpc) is 2.45. The van der Waals surface area contributed by atoms with Crippen LogP contribution >= 0.6 is 28.7 Å². The van der Waals surface area contributed by atoms with Crippen LogP contribution in [0, 0.1) is 0 Å². The summed E-state index contributed by atoms with van der Waals surface area (Å²) >= 11 is 1.68. The molecule has 0 aromatic carbocycles. The molecular formula is C16H35BrN2OS. The summed E-state index contributed by atoms with van der Waals surface area (Å²) in [5, 5.41) is 0.706. The molecule has 0 spiro atoms. The van der Waals surface area contributed by atoms with E-state index in [0.29, 0.717) is 18.3 Å². The van der Waals surface area contributed by atoms with Gasteiger partial charge in [-0.05, 0) is 6.42 Å². The summed E-state index contributed by atoms with van der Waals surface area (Å²) in [7, 11) is 1.68. The third-order valence-electron chi connectivity index (χ3n) is 3.31. The average molecular weight is 383 g/mol. The maximum atomic E-state index is 5.79. The molecular weight excluding hydrogens is 348 g/mol. The molecule has 0 saturated carbocycles. The Labute approximate surface area is 146 Å². The van der Waals surface area contributed by atoms with Crippen molar-refractivity contribution >= 4 is 33.9 Å². The number of ether oxygens (including phenoxy) is 1. The van der Waals surface area contributed by atoms with Crippen molar-refractivity contribution in [2.45, 2.75) is 71.1 Å². The first-order chi connectivity index (χ1) is 9.81. The first kappa shape index (κ1) is 23.5. The topological polar surface area (TPSA) is 47.6 Å². The molecule has 0 radical (unpaired) electrons. The number of methoxy groups -OCH3 is 1. The second kappa shape index (κ2) is 20.3. The molecule has 0 aromatic rings. The van der Waals surface area contributed by atoms with Gasteiger partial charge < -0.3 is 10.5 Å². The van der Waals surface area contributed by atoms with Gasteiger partial charge in [0.25, 0.3) is 0 Å². The van der Waals surface area contributed by atoms with Crippen molar-refractivity contribution in [3.8, 4) is 0 Å². The molecule has 0 aromatic heterocycles. The molecule has 0 unspecified atom stereocenters. The normalized spacial score (nSPS) is 11.4. The number of thioether (sulfide) groups is 1. The summed E-state index contributed by atoms with van der Waals surface area (Å²) < 4.78 is 4.93. The highest BCUT2D eigenvalue weighted by Gasteiger charge is 1.95. The van der Waals surface area contributed by atoms with Crippen LogP contribution in [0.4, 0.5) is 0 Å². The molecule has 0 fully saturated rings. The van der Waals surface area contributed by atoms with Crippen LogP contribution < -0.4 is 5.73 Å². The Balaban J connectivity index is 0. The van der Waals surface area contributed by atoms with Gasteiger partial charge in [0, 0.05) is 12.9 Å². The predicted molar refractivity (Wildman–Crippen MR) is 103 cm³/mol. The highest BCUT2D eigenvalue weighted by Crippen LogP contribution is 2.12. The molecule has 0 saturated heterocycles. The minimum atomic E-state index is 0. The Bertz CT molecular complexity index is 228. The Morgan fingerprint density at radius 1 is 0.952 bits per heavy atom. The van der Waals surface area contributed by atoms with E-state index < -0.39 is 0 Å². The second-order valence-corrected chi connectivity index (χ2v) is 6.36. The fourth-order valence-electron chi connectivity index (χ4n) is 2.06. The third-order valence-corrected chi connectivity index (χ3v) is 4.23. The maximum Gasteiger partial charge on any atom is 0.153 e. The van der Waals surface area contributed by atoms with Crippen LogP contribution in [0.1, 0.15) is 71.1 Å². The smallest absolute Gasteiger partial charge is 0.153 e. The molecule has 5 heteroatoms. The van der Waals surface area contributed by atoms with Crippen LogP contribution in [0.15, 0.2) is 4.99 Å². The highest BCUT2D eigenvalue weighted by molar-refractivity contribution is 8.93. The van der Waals surface area contributed by atoms with E-state index in [4.69, 9.17) is 10.5 Å². The summed E-state index contributed by atoms with van der Waals surface area (Å²) in [6, 6.07) is 0. The molecule has 0 atom stereocenters. The van der Waals surface area contributed by atoms with Crippen LogP contribution in [0.3, 0.4) is 0 Å². The van der Waals surface area contributed by atoms with Crippen molar-refractivity contribution in [2.24, 2.45) is 10.7 Å². The summed E-state index contributed by atoms with van der Waals surface area (Å²) in [5.74, 6) is 1.10. The largest absolute Gasteiger partial charge is 0.383 e. The van der Waals surface area contributed by atoms with Gasteiger partial charge in [0.1, 0.15) is 0 Å². The van der Waals surface area contributed by atoms with Crippen molar-refractivity contribution in [3.05, 3.63) is 0 Å². The van der Waals surface area contributed by atoms with Gasteiger partial charge in [0.2, 0.25) is 0 Å². The molecule has 0 aliphatic heterocycles. The number of nitrogens with two attached hydrogens (primary N) is 1. The molecule has 0 rings (SSSR count). The number of hydrogen-bond donors (Lipinski definition) is 1. The van der Waals surface area contributed by atoms with Crippen molar-refractivity contribution in [2.75, 3.05) is 26.0 Å². The van der Waals surface area contributed by atoms with Crippen molar-refractivity contribution in [1.82, 2.24) is 0 Å². The monoisotopic (exact) mass is 382 g/mol. The summed E-state index contributed by atoms with van der Waals surface area (Å²) in [4.78, 5) is 4.23. The fourth-order valence-corrected chi connectivity index (χ4v) is 2.80. The molecule has 0 bridgehead atoms. The minimum Gasteiger partial charge on any atom is -0.383 e. The van der Waals surface area contributed by atoms with Crippen LogP contribution in [-0.4, -0.2) is 31.2 Å². The van der Waals surface area contributed by atoms with Gasteiger partial charge in [0.05, 0.1) is 13.2 Å². The SMILES string of the molecule is Br.CCCCCCCCCCCCSC(N)=NCCOC. The number of halogens is 1. The predicted octanol–water partition coefficient (Wildman–Crippen LogP) is 5.18. The van der Waals surface area contributed by atoms with Gasteiger partial charge in [0.15, 0.2) is 5.17 Å². The van der Waals surface area contributed by atoms with Gasteiger partial charge >= 0.3 is 0 Å². The molecule has 0 aliphatic rings. The number of hydrogen-bond acceptors (Lipinski definition) is 3. The summed E-state index contributed by atoms with van der Waals surface area (Å²) in [6.07, 6.45) is 13.8. The lowest BCUT2D eigenvalue weighted by atomic mass is 10.1. The number of unbranched alkanes of at least 4 members (excludes halogenated alkanes) is 9. The van der Waals surface area contributed by atoms with Crippen LogP contribution in [0.5, 0.6) is 0 Å². The Morgan fingerprint density at radius 3 is 2.00 bits per heavy atom. The van der Waals surface area contributed by atoms with Crippen molar-refractivity contribution in [1.29, 1.82) is 0 Å². The lowest BCUT2D eigenvalue weighted by molar-refractivity contribution is 0.208. The third kappa shape index (κ3) is 20.3. The van der Waals surface area contributed by atoms with Crippen molar-refractivity contribution < 1.29 is 4.74 Å². The summed E-state index contributed by atoms with van der Waals surface area (Å²) in [6.45, 7) is 3.60. The Hall–Kier alpha value is 0.260. The molecule has 3 nitrogen and oxygen atoms in total. The molecule has 0 heterocycles. The van der Waals surface area contributed by atoms with Crippen LogP contribution in [0.25, 0.3) is 0 Å². The van der Waals surface area contributed by atoms with E-state index in [0.717, 1.165) is 5.75 Å². The lowest BCUT2D eigenvalue weighted by Crippen LogP contribution is -2.09. The summed E-state index contributed by atoms with van der Waals surface area (Å²) in [5.41, 5.74) is 5.79. The van der Waals surface area contributed by atoms with E-state index >= 15 is 0 Å². The minimum absolute atomic E-state index is 0. The number of aliphatic imine (C=N–C) groups is 1. The quantitative estimate of drug-likeness (QED) is 0.255. The molecule has 0 amide bonds. The van der Waals surface area contributed by atoms with E-state index in [1.165, 1.54) is 64.2 Å². The van der Waals surface area contributed by atoms with Crippen LogP contribution in [0.2, 0.25) is 0 Å². The van der Waals surface area contributed by atoms with E-state index in [1.807, 2.05) is 0 Å². The lowest BCUT2D eigenvalue weighted by Gasteiger charge is -2.03. The van der Waals surface area contributed by atoms with Gasteiger partial charge in [-0.2, -0.15) is 0 Å². The van der Waals surface area contributed by atoms with Gasteiger partial charge in [-0.15, -0.1) is 17.0 Å². The van der Waals surface area contributed by atoms with E-state index in [-0.39, 0.29) is 17.0 Å². The van der Waals surface area contributed by atoms with E-state index in [2.05, 4.69) is 11.9 Å². The number of rotatable bonds is 14. The standard InChI is InChI=1S/C16H34N2OS.BrH/c1-3-4-5-6-7-8-9-10-11-12-15-20-16(17)18-13-14-19-2;/h3-15H2,1-2H3,(H2,17,18);1H. The Morgan fingerprint density at radius 2 is 1.48 bits per heavy atom.